The standard InChI is InChI=1S/C10H22N2OS/c1-3-7-12(4-2)8-6-11-10(13)5-9-14/h14H,3-9H2,1-2H3,(H,11,13). The number of thiol groups is 1. The summed E-state index contributed by atoms with van der Waals surface area (Å²) in [6.45, 7) is 8.17. The van der Waals surface area contributed by atoms with Gasteiger partial charge in [-0.15, -0.1) is 0 Å². The van der Waals surface area contributed by atoms with Gasteiger partial charge in [-0.3, -0.25) is 4.79 Å². The van der Waals surface area contributed by atoms with E-state index >= 15 is 0 Å². The molecular formula is C10H22N2OS. The lowest BCUT2D eigenvalue weighted by molar-refractivity contribution is -0.120. The Balaban J connectivity index is 3.45. The molecule has 0 spiro atoms. The van der Waals surface area contributed by atoms with Crippen LogP contribution in [0.5, 0.6) is 0 Å². The van der Waals surface area contributed by atoms with Crippen molar-refractivity contribution in [3.8, 4) is 0 Å². The Morgan fingerprint density at radius 1 is 1.36 bits per heavy atom. The molecule has 0 fully saturated rings. The Kier molecular flexibility index (Phi) is 9.19. The van der Waals surface area contributed by atoms with Crippen LogP contribution in [0.2, 0.25) is 0 Å². The molecule has 0 radical (unpaired) electrons. The molecule has 14 heavy (non-hydrogen) atoms. The molecule has 0 heterocycles. The lowest BCUT2D eigenvalue weighted by Gasteiger charge is -2.19. The highest BCUT2D eigenvalue weighted by atomic mass is 32.1. The lowest BCUT2D eigenvalue weighted by Crippen LogP contribution is -2.35. The highest BCUT2D eigenvalue weighted by molar-refractivity contribution is 7.80. The molecule has 0 saturated heterocycles. The molecule has 0 rings (SSSR count). The summed E-state index contributed by atoms with van der Waals surface area (Å²) in [6.07, 6.45) is 1.68. The summed E-state index contributed by atoms with van der Waals surface area (Å²) in [5.41, 5.74) is 0. The van der Waals surface area contributed by atoms with Crippen LogP contribution in [0.15, 0.2) is 0 Å². The maximum absolute atomic E-state index is 11.1. The van der Waals surface area contributed by atoms with Gasteiger partial charge in [0.05, 0.1) is 0 Å². The molecule has 1 amide bonds. The second-order valence-electron chi connectivity index (χ2n) is 3.26. The van der Waals surface area contributed by atoms with Crippen LogP contribution in [0.3, 0.4) is 0 Å². The predicted molar refractivity (Wildman–Crippen MR) is 63.9 cm³/mol. The fraction of sp³-hybridized carbons (Fsp3) is 0.900. The average Bonchev–Trinajstić information content (AvgIpc) is 2.17. The van der Waals surface area contributed by atoms with Gasteiger partial charge in [0, 0.05) is 19.5 Å². The van der Waals surface area contributed by atoms with Crippen molar-refractivity contribution in [2.45, 2.75) is 26.7 Å². The van der Waals surface area contributed by atoms with Crippen molar-refractivity contribution >= 4 is 18.5 Å². The van der Waals surface area contributed by atoms with Crippen LogP contribution in [0.25, 0.3) is 0 Å². The summed E-state index contributed by atoms with van der Waals surface area (Å²) >= 11 is 4.00. The molecule has 1 N–H and O–H groups in total. The molecule has 84 valence electrons. The van der Waals surface area contributed by atoms with Crippen molar-refractivity contribution in [3.63, 3.8) is 0 Å². The van der Waals surface area contributed by atoms with Gasteiger partial charge in [-0.25, -0.2) is 0 Å². The van der Waals surface area contributed by atoms with Crippen molar-refractivity contribution in [2.75, 3.05) is 31.9 Å². The Labute approximate surface area is 92.7 Å². The fourth-order valence-electron chi connectivity index (χ4n) is 1.29. The molecule has 0 aromatic rings. The lowest BCUT2D eigenvalue weighted by atomic mass is 10.4. The molecule has 0 aliphatic rings. The van der Waals surface area contributed by atoms with Crippen molar-refractivity contribution in [1.82, 2.24) is 10.2 Å². The maximum Gasteiger partial charge on any atom is 0.220 e. The molecule has 0 aliphatic carbocycles. The zero-order valence-corrected chi connectivity index (χ0v) is 10.1. The second-order valence-corrected chi connectivity index (χ2v) is 3.71. The summed E-state index contributed by atoms with van der Waals surface area (Å²) in [7, 11) is 0. The molecule has 0 bridgehead atoms. The second kappa shape index (κ2) is 9.34. The van der Waals surface area contributed by atoms with Crippen LogP contribution >= 0.6 is 12.6 Å². The van der Waals surface area contributed by atoms with E-state index in [1.165, 1.54) is 6.42 Å². The summed E-state index contributed by atoms with van der Waals surface area (Å²) in [5, 5.41) is 2.88. The number of amides is 1. The van der Waals surface area contributed by atoms with Gasteiger partial charge in [-0.05, 0) is 25.3 Å². The maximum atomic E-state index is 11.1. The van der Waals surface area contributed by atoms with E-state index in [-0.39, 0.29) is 5.91 Å². The first-order valence-electron chi connectivity index (χ1n) is 5.34. The van der Waals surface area contributed by atoms with Gasteiger partial charge >= 0.3 is 0 Å². The van der Waals surface area contributed by atoms with E-state index in [9.17, 15) is 4.79 Å². The third kappa shape index (κ3) is 7.21. The van der Waals surface area contributed by atoms with E-state index in [1.807, 2.05) is 0 Å². The first-order valence-corrected chi connectivity index (χ1v) is 5.97. The number of hydrogen-bond acceptors (Lipinski definition) is 3. The number of carbonyl (C=O) groups excluding carboxylic acids is 1. The van der Waals surface area contributed by atoms with Gasteiger partial charge in [0.1, 0.15) is 0 Å². The van der Waals surface area contributed by atoms with Gasteiger partial charge in [-0.2, -0.15) is 12.6 Å². The molecule has 0 atom stereocenters. The van der Waals surface area contributed by atoms with Crippen LogP contribution in [0.4, 0.5) is 0 Å². The number of rotatable bonds is 8. The number of hydrogen-bond donors (Lipinski definition) is 2. The third-order valence-electron chi connectivity index (χ3n) is 2.08. The number of likely N-dealkylation sites (N-methyl/N-ethyl adjacent to an activating group) is 1. The number of nitrogens with one attached hydrogen (secondary N) is 1. The van der Waals surface area contributed by atoms with Crippen LogP contribution < -0.4 is 5.32 Å². The normalized spacial score (nSPS) is 10.6. The van der Waals surface area contributed by atoms with E-state index in [4.69, 9.17) is 0 Å². The first-order chi connectivity index (χ1) is 6.74. The Bertz CT molecular complexity index is 153. The largest absolute Gasteiger partial charge is 0.355 e. The van der Waals surface area contributed by atoms with Crippen molar-refractivity contribution in [1.29, 1.82) is 0 Å². The SMILES string of the molecule is CCCN(CC)CCNC(=O)CCS. The smallest absolute Gasteiger partial charge is 0.220 e. The minimum atomic E-state index is 0.104. The van der Waals surface area contributed by atoms with Crippen molar-refractivity contribution in [3.05, 3.63) is 0 Å². The van der Waals surface area contributed by atoms with Crippen LogP contribution in [0.1, 0.15) is 26.7 Å². The zero-order chi connectivity index (χ0) is 10.8. The van der Waals surface area contributed by atoms with Crippen molar-refractivity contribution < 1.29 is 4.79 Å². The molecule has 0 aromatic heterocycles. The van der Waals surface area contributed by atoms with Crippen molar-refractivity contribution in [2.24, 2.45) is 0 Å². The molecule has 4 heteroatoms. The van der Waals surface area contributed by atoms with Gasteiger partial charge < -0.3 is 10.2 Å². The van der Waals surface area contributed by atoms with Crippen LogP contribution in [0, 0.1) is 0 Å². The molecule has 0 aliphatic heterocycles. The fourth-order valence-corrected chi connectivity index (χ4v) is 1.49. The summed E-state index contributed by atoms with van der Waals surface area (Å²) < 4.78 is 0. The number of nitrogens with zero attached hydrogens (tertiary/aromatic N) is 1. The van der Waals surface area contributed by atoms with E-state index in [0.717, 1.165) is 26.2 Å². The third-order valence-corrected chi connectivity index (χ3v) is 2.30. The van der Waals surface area contributed by atoms with Gasteiger partial charge in [0.25, 0.3) is 0 Å². The Morgan fingerprint density at radius 3 is 2.57 bits per heavy atom. The Hall–Kier alpha value is -0.220. The van der Waals surface area contributed by atoms with Gasteiger partial charge in [-0.1, -0.05) is 13.8 Å². The molecular weight excluding hydrogens is 196 g/mol. The van der Waals surface area contributed by atoms with Gasteiger partial charge in [0.2, 0.25) is 5.91 Å². The topological polar surface area (TPSA) is 32.3 Å². The van der Waals surface area contributed by atoms with E-state index in [2.05, 4.69) is 36.7 Å². The zero-order valence-electron chi connectivity index (χ0n) is 9.25. The van der Waals surface area contributed by atoms with Crippen LogP contribution in [-0.4, -0.2) is 42.7 Å². The predicted octanol–water partition coefficient (Wildman–Crippen LogP) is 1.15. The highest BCUT2D eigenvalue weighted by Gasteiger charge is 2.02. The molecule has 0 saturated carbocycles. The van der Waals surface area contributed by atoms with E-state index in [0.29, 0.717) is 12.2 Å². The number of carbonyl (C=O) groups is 1. The van der Waals surface area contributed by atoms with Crippen LogP contribution in [-0.2, 0) is 4.79 Å². The average molecular weight is 218 g/mol. The Morgan fingerprint density at radius 2 is 2.07 bits per heavy atom. The van der Waals surface area contributed by atoms with Gasteiger partial charge in [0.15, 0.2) is 0 Å². The summed E-state index contributed by atoms with van der Waals surface area (Å²) in [6, 6.07) is 0. The minimum Gasteiger partial charge on any atom is -0.355 e. The molecule has 3 nitrogen and oxygen atoms in total. The quantitative estimate of drug-likeness (QED) is 0.599. The van der Waals surface area contributed by atoms with E-state index in [1.54, 1.807) is 0 Å². The molecule has 0 aromatic carbocycles. The summed E-state index contributed by atoms with van der Waals surface area (Å²) in [5.74, 6) is 0.728. The highest BCUT2D eigenvalue weighted by Crippen LogP contribution is 1.89. The minimum absolute atomic E-state index is 0.104. The first kappa shape index (κ1) is 13.8. The van der Waals surface area contributed by atoms with E-state index < -0.39 is 0 Å². The summed E-state index contributed by atoms with van der Waals surface area (Å²) in [4.78, 5) is 13.4. The molecule has 0 unspecified atom stereocenters. The monoisotopic (exact) mass is 218 g/mol.